The molecule has 0 unspecified atom stereocenters. The van der Waals surface area contributed by atoms with Gasteiger partial charge in [0.2, 0.25) is 0 Å². The molecule has 0 amide bonds. The number of piperidine rings is 1. The van der Waals surface area contributed by atoms with Gasteiger partial charge in [0.15, 0.2) is 0 Å². The van der Waals surface area contributed by atoms with E-state index < -0.39 is 0 Å². The fourth-order valence-corrected chi connectivity index (χ4v) is 2.58. The average molecular weight is 204 g/mol. The van der Waals surface area contributed by atoms with Crippen LogP contribution < -0.4 is 0 Å². The van der Waals surface area contributed by atoms with Crippen LogP contribution in [0.3, 0.4) is 0 Å². The largest absolute Gasteiger partial charge is 0.297 e. The minimum Gasteiger partial charge on any atom is -0.297 e. The molecule has 15 heavy (non-hydrogen) atoms. The number of hydrogen-bond acceptors (Lipinski definition) is 2. The molecule has 2 rings (SSSR count). The summed E-state index contributed by atoms with van der Waals surface area (Å²) in [5.41, 5.74) is 2.81. The van der Waals surface area contributed by atoms with Crippen molar-refractivity contribution < 1.29 is 0 Å². The molecule has 2 nitrogen and oxygen atoms in total. The Balaban J connectivity index is 2.24. The van der Waals surface area contributed by atoms with E-state index in [4.69, 9.17) is 0 Å². The second kappa shape index (κ2) is 4.75. The van der Waals surface area contributed by atoms with Crippen LogP contribution in [0.1, 0.15) is 43.4 Å². The Hall–Kier alpha value is -0.890. The van der Waals surface area contributed by atoms with Crippen molar-refractivity contribution in [3.05, 3.63) is 29.6 Å². The number of aryl methyl sites for hydroxylation is 1. The molecule has 0 radical (unpaired) electrons. The molecule has 2 heterocycles. The van der Waals surface area contributed by atoms with Crippen LogP contribution in [0.2, 0.25) is 0 Å². The highest BCUT2D eigenvalue weighted by molar-refractivity contribution is 5.25. The van der Waals surface area contributed by atoms with E-state index in [1.54, 1.807) is 0 Å². The third-order valence-corrected chi connectivity index (χ3v) is 3.44. The number of hydrogen-bond donors (Lipinski definition) is 0. The fourth-order valence-electron chi connectivity index (χ4n) is 2.58. The van der Waals surface area contributed by atoms with Gasteiger partial charge in [-0.25, -0.2) is 0 Å². The topological polar surface area (TPSA) is 16.1 Å². The molecule has 1 saturated heterocycles. The molecular weight excluding hydrogens is 184 g/mol. The van der Waals surface area contributed by atoms with E-state index in [1.807, 2.05) is 12.4 Å². The number of rotatable bonds is 2. The first-order valence-electron chi connectivity index (χ1n) is 5.97. The molecule has 0 aliphatic carbocycles. The maximum absolute atomic E-state index is 4.17. The molecule has 1 aliphatic rings. The van der Waals surface area contributed by atoms with Gasteiger partial charge < -0.3 is 0 Å². The highest BCUT2D eigenvalue weighted by atomic mass is 15.2. The zero-order valence-electron chi connectivity index (χ0n) is 9.74. The van der Waals surface area contributed by atoms with Gasteiger partial charge in [-0.15, -0.1) is 0 Å². The van der Waals surface area contributed by atoms with Crippen LogP contribution in [0.15, 0.2) is 18.5 Å². The number of aromatic nitrogens is 1. The van der Waals surface area contributed by atoms with E-state index in [1.165, 1.54) is 36.9 Å². The summed E-state index contributed by atoms with van der Waals surface area (Å²) in [5, 5.41) is 0. The molecule has 0 bridgehead atoms. The van der Waals surface area contributed by atoms with Crippen molar-refractivity contribution in [1.82, 2.24) is 9.88 Å². The first kappa shape index (κ1) is 10.6. The molecule has 0 saturated carbocycles. The molecule has 82 valence electrons. The molecule has 1 atom stereocenters. The Bertz CT molecular complexity index is 322. The van der Waals surface area contributed by atoms with E-state index in [-0.39, 0.29) is 0 Å². The Morgan fingerprint density at radius 2 is 2.33 bits per heavy atom. The minimum atomic E-state index is 0.631. The van der Waals surface area contributed by atoms with Crippen LogP contribution in [0, 0.1) is 6.92 Å². The highest BCUT2D eigenvalue weighted by Crippen LogP contribution is 2.31. The predicted molar refractivity (Wildman–Crippen MR) is 62.8 cm³/mol. The number of likely N-dealkylation sites (tertiary alicyclic amines) is 1. The summed E-state index contributed by atoms with van der Waals surface area (Å²) in [7, 11) is 0. The fraction of sp³-hybridized carbons (Fsp3) is 0.615. The summed E-state index contributed by atoms with van der Waals surface area (Å²) in [5.74, 6) is 0. The van der Waals surface area contributed by atoms with E-state index >= 15 is 0 Å². The summed E-state index contributed by atoms with van der Waals surface area (Å²) >= 11 is 0. The van der Waals surface area contributed by atoms with E-state index in [0.29, 0.717) is 6.04 Å². The Morgan fingerprint density at radius 1 is 1.47 bits per heavy atom. The zero-order valence-corrected chi connectivity index (χ0v) is 9.74. The van der Waals surface area contributed by atoms with Gasteiger partial charge in [0, 0.05) is 18.4 Å². The SMILES string of the molecule is CCN1CCCC[C@@H]1c1ccncc1C. The zero-order chi connectivity index (χ0) is 10.7. The Morgan fingerprint density at radius 3 is 3.07 bits per heavy atom. The van der Waals surface area contributed by atoms with Gasteiger partial charge in [-0.1, -0.05) is 13.3 Å². The lowest BCUT2D eigenvalue weighted by molar-refractivity contribution is 0.156. The van der Waals surface area contributed by atoms with Crippen LogP contribution >= 0.6 is 0 Å². The monoisotopic (exact) mass is 204 g/mol. The van der Waals surface area contributed by atoms with Gasteiger partial charge in [-0.05, 0) is 50.0 Å². The molecule has 0 aromatic carbocycles. The first-order valence-corrected chi connectivity index (χ1v) is 5.97. The van der Waals surface area contributed by atoms with Gasteiger partial charge in [0.25, 0.3) is 0 Å². The standard InChI is InChI=1S/C13H20N2/c1-3-15-9-5-4-6-13(15)12-7-8-14-10-11(12)2/h7-8,10,13H,3-6,9H2,1-2H3/t13-/m1/s1. The quantitative estimate of drug-likeness (QED) is 0.736. The summed E-state index contributed by atoms with van der Waals surface area (Å²) < 4.78 is 0. The van der Waals surface area contributed by atoms with Crippen LogP contribution in [0.25, 0.3) is 0 Å². The lowest BCUT2D eigenvalue weighted by Crippen LogP contribution is -2.33. The lowest BCUT2D eigenvalue weighted by Gasteiger charge is -2.35. The normalized spacial score (nSPS) is 22.9. The molecule has 2 heteroatoms. The molecule has 0 N–H and O–H groups in total. The second-order valence-corrected chi connectivity index (χ2v) is 4.37. The number of pyridine rings is 1. The van der Waals surface area contributed by atoms with E-state index in [2.05, 4.69) is 29.8 Å². The maximum Gasteiger partial charge on any atom is 0.0351 e. The van der Waals surface area contributed by atoms with Crippen LogP contribution in [0.5, 0.6) is 0 Å². The predicted octanol–water partition coefficient (Wildman–Crippen LogP) is 2.94. The van der Waals surface area contributed by atoms with Gasteiger partial charge in [-0.3, -0.25) is 9.88 Å². The van der Waals surface area contributed by atoms with Crippen molar-refractivity contribution in [3.8, 4) is 0 Å². The van der Waals surface area contributed by atoms with Gasteiger partial charge >= 0.3 is 0 Å². The van der Waals surface area contributed by atoms with Gasteiger partial charge in [-0.2, -0.15) is 0 Å². The van der Waals surface area contributed by atoms with Crippen LogP contribution in [-0.2, 0) is 0 Å². The van der Waals surface area contributed by atoms with Crippen LogP contribution in [-0.4, -0.2) is 23.0 Å². The Labute approximate surface area is 92.3 Å². The molecule has 1 fully saturated rings. The molecule has 1 aromatic heterocycles. The highest BCUT2D eigenvalue weighted by Gasteiger charge is 2.23. The van der Waals surface area contributed by atoms with Crippen molar-refractivity contribution in [1.29, 1.82) is 0 Å². The van der Waals surface area contributed by atoms with E-state index in [0.717, 1.165) is 6.54 Å². The first-order chi connectivity index (χ1) is 7.33. The summed E-state index contributed by atoms with van der Waals surface area (Å²) in [4.78, 5) is 6.76. The Kier molecular flexibility index (Phi) is 3.37. The smallest absolute Gasteiger partial charge is 0.0351 e. The third kappa shape index (κ3) is 2.20. The van der Waals surface area contributed by atoms with Crippen molar-refractivity contribution in [2.24, 2.45) is 0 Å². The second-order valence-electron chi connectivity index (χ2n) is 4.37. The van der Waals surface area contributed by atoms with Gasteiger partial charge in [0.1, 0.15) is 0 Å². The molecule has 1 aliphatic heterocycles. The summed E-state index contributed by atoms with van der Waals surface area (Å²) in [6.45, 7) is 6.84. The summed E-state index contributed by atoms with van der Waals surface area (Å²) in [6, 6.07) is 2.82. The molecule has 1 aromatic rings. The van der Waals surface area contributed by atoms with Crippen molar-refractivity contribution in [2.45, 2.75) is 39.2 Å². The molecule has 0 spiro atoms. The maximum atomic E-state index is 4.17. The third-order valence-electron chi connectivity index (χ3n) is 3.44. The van der Waals surface area contributed by atoms with Crippen LogP contribution in [0.4, 0.5) is 0 Å². The average Bonchev–Trinajstić information content (AvgIpc) is 2.30. The van der Waals surface area contributed by atoms with Crippen molar-refractivity contribution in [2.75, 3.05) is 13.1 Å². The van der Waals surface area contributed by atoms with Crippen molar-refractivity contribution >= 4 is 0 Å². The van der Waals surface area contributed by atoms with Crippen molar-refractivity contribution in [3.63, 3.8) is 0 Å². The van der Waals surface area contributed by atoms with E-state index in [9.17, 15) is 0 Å². The minimum absolute atomic E-state index is 0.631. The summed E-state index contributed by atoms with van der Waals surface area (Å²) in [6.07, 6.45) is 7.93. The molecular formula is C13H20N2. The lowest BCUT2D eigenvalue weighted by atomic mass is 9.93. The van der Waals surface area contributed by atoms with Gasteiger partial charge in [0.05, 0.1) is 0 Å². The number of nitrogens with zero attached hydrogens (tertiary/aromatic N) is 2.